The highest BCUT2D eigenvalue weighted by Gasteiger charge is 2.11. The first-order valence-corrected chi connectivity index (χ1v) is 9.58. The number of hydrogen-bond acceptors (Lipinski definition) is 7. The maximum Gasteiger partial charge on any atom is 0.277 e. The van der Waals surface area contributed by atoms with Gasteiger partial charge in [0.2, 0.25) is 11.8 Å². The molecule has 0 unspecified atom stereocenters. The first-order valence-electron chi connectivity index (χ1n) is 8.60. The largest absolute Gasteiger partial charge is 0.414 e. The van der Waals surface area contributed by atoms with Crippen LogP contribution in [0.1, 0.15) is 21.8 Å². The van der Waals surface area contributed by atoms with Crippen LogP contribution < -0.4 is 16.2 Å². The fourth-order valence-corrected chi connectivity index (χ4v) is 2.76. The summed E-state index contributed by atoms with van der Waals surface area (Å²) >= 11 is 1.04. The van der Waals surface area contributed by atoms with E-state index in [1.807, 2.05) is 19.1 Å². The number of benzene rings is 2. The van der Waals surface area contributed by atoms with Gasteiger partial charge < -0.3 is 9.73 Å². The van der Waals surface area contributed by atoms with Gasteiger partial charge in [-0.3, -0.25) is 20.4 Å². The summed E-state index contributed by atoms with van der Waals surface area (Å²) < 4.78 is 18.3. The number of aryl methyl sites for hydroxylation is 1. The van der Waals surface area contributed by atoms with Gasteiger partial charge in [-0.05, 0) is 43.3 Å². The minimum absolute atomic E-state index is 0.0127. The number of carbonyl (C=O) groups is 2. The number of nitrogens with zero attached hydrogens (tertiary/aromatic N) is 2. The van der Waals surface area contributed by atoms with Crippen molar-refractivity contribution in [1.82, 2.24) is 21.0 Å². The number of halogens is 1. The van der Waals surface area contributed by atoms with E-state index >= 15 is 0 Å². The number of amides is 2. The summed E-state index contributed by atoms with van der Waals surface area (Å²) in [4.78, 5) is 23.8. The third-order valence-corrected chi connectivity index (χ3v) is 4.51. The molecular weight excluding hydrogens is 397 g/mol. The van der Waals surface area contributed by atoms with E-state index in [0.717, 1.165) is 17.3 Å². The Morgan fingerprint density at radius 3 is 2.48 bits per heavy atom. The summed E-state index contributed by atoms with van der Waals surface area (Å²) in [5.74, 6) is -0.832. The van der Waals surface area contributed by atoms with Crippen molar-refractivity contribution in [2.24, 2.45) is 0 Å². The zero-order valence-corrected chi connectivity index (χ0v) is 16.3. The molecule has 3 rings (SSSR count). The molecule has 10 heteroatoms. The maximum atomic E-state index is 12.9. The Kier molecular flexibility index (Phi) is 6.80. The molecule has 0 aliphatic carbocycles. The van der Waals surface area contributed by atoms with Gasteiger partial charge in [0, 0.05) is 11.3 Å². The predicted molar refractivity (Wildman–Crippen MR) is 106 cm³/mol. The molecule has 0 atom stereocenters. The van der Waals surface area contributed by atoms with E-state index in [4.69, 9.17) is 4.42 Å². The molecule has 2 amide bonds. The monoisotopic (exact) mass is 415 g/mol. The van der Waals surface area contributed by atoms with Crippen molar-refractivity contribution >= 4 is 29.3 Å². The van der Waals surface area contributed by atoms with Crippen molar-refractivity contribution in [3.63, 3.8) is 0 Å². The van der Waals surface area contributed by atoms with Crippen LogP contribution in [-0.4, -0.2) is 27.8 Å². The third-order valence-electron chi connectivity index (χ3n) is 3.69. The van der Waals surface area contributed by atoms with E-state index in [-0.39, 0.29) is 23.3 Å². The van der Waals surface area contributed by atoms with E-state index in [9.17, 15) is 14.0 Å². The van der Waals surface area contributed by atoms with Gasteiger partial charge >= 0.3 is 0 Å². The molecule has 29 heavy (non-hydrogen) atoms. The summed E-state index contributed by atoms with van der Waals surface area (Å²) in [6, 6.07) is 12.8. The Bertz CT molecular complexity index is 976. The second kappa shape index (κ2) is 9.69. The number of carbonyl (C=O) groups excluding carboxylic acids is 2. The Hall–Kier alpha value is -3.40. The van der Waals surface area contributed by atoms with Crippen LogP contribution in [0.15, 0.2) is 58.2 Å². The van der Waals surface area contributed by atoms with Crippen molar-refractivity contribution < 1.29 is 18.4 Å². The zero-order valence-electron chi connectivity index (χ0n) is 15.4. The van der Waals surface area contributed by atoms with Crippen LogP contribution in [0.3, 0.4) is 0 Å². The van der Waals surface area contributed by atoms with E-state index in [1.54, 1.807) is 24.3 Å². The van der Waals surface area contributed by atoms with Crippen LogP contribution in [0.2, 0.25) is 0 Å². The van der Waals surface area contributed by atoms with Gasteiger partial charge in [-0.1, -0.05) is 29.5 Å². The van der Waals surface area contributed by atoms with Gasteiger partial charge in [0.25, 0.3) is 11.1 Å². The van der Waals surface area contributed by atoms with Crippen molar-refractivity contribution in [3.05, 3.63) is 71.4 Å². The summed E-state index contributed by atoms with van der Waals surface area (Å²) in [5.41, 5.74) is 6.87. The number of hydrazine groups is 1. The number of anilines is 1. The number of rotatable bonds is 7. The average Bonchev–Trinajstić information content (AvgIpc) is 3.18. The van der Waals surface area contributed by atoms with Gasteiger partial charge in [-0.15, -0.1) is 10.2 Å². The lowest BCUT2D eigenvalue weighted by molar-refractivity contribution is -0.119. The highest BCUT2D eigenvalue weighted by atomic mass is 32.2. The summed E-state index contributed by atoms with van der Waals surface area (Å²) in [5, 5.41) is 11.0. The van der Waals surface area contributed by atoms with E-state index < -0.39 is 11.8 Å². The second-order valence-corrected chi connectivity index (χ2v) is 6.91. The van der Waals surface area contributed by atoms with Crippen LogP contribution in [0, 0.1) is 12.7 Å². The van der Waals surface area contributed by atoms with E-state index in [2.05, 4.69) is 26.4 Å². The molecule has 0 saturated heterocycles. The average molecular weight is 415 g/mol. The third kappa shape index (κ3) is 6.32. The Morgan fingerprint density at radius 2 is 1.76 bits per heavy atom. The van der Waals surface area contributed by atoms with Gasteiger partial charge in [-0.2, -0.15) is 0 Å². The number of aromatic nitrogens is 2. The minimum Gasteiger partial charge on any atom is -0.414 e. The molecule has 0 saturated carbocycles. The molecular formula is C19H18FN5O3S. The fraction of sp³-hybridized carbons (Fsp3) is 0.158. The molecule has 1 heterocycles. The first-order chi connectivity index (χ1) is 14.0. The molecule has 2 aromatic carbocycles. The topological polar surface area (TPSA) is 109 Å². The van der Waals surface area contributed by atoms with Gasteiger partial charge in [0.15, 0.2) is 0 Å². The zero-order chi connectivity index (χ0) is 20.6. The fourth-order valence-electron chi connectivity index (χ4n) is 2.18. The molecule has 1 aromatic heterocycles. The van der Waals surface area contributed by atoms with Crippen molar-refractivity contribution in [2.75, 3.05) is 11.1 Å². The van der Waals surface area contributed by atoms with Crippen molar-refractivity contribution in [2.45, 2.75) is 18.7 Å². The SMILES string of the molecule is Cc1ccc(C(=O)NNC(=O)CSc2nnc(CNc3ccc(F)cc3)o2)cc1. The molecule has 3 aromatic rings. The van der Waals surface area contributed by atoms with Crippen LogP contribution in [0.4, 0.5) is 10.1 Å². The van der Waals surface area contributed by atoms with E-state index in [1.165, 1.54) is 12.1 Å². The van der Waals surface area contributed by atoms with Crippen LogP contribution in [0.5, 0.6) is 0 Å². The quantitative estimate of drug-likeness (QED) is 0.402. The molecule has 0 bridgehead atoms. The first kappa shape index (κ1) is 20.3. The molecule has 150 valence electrons. The highest BCUT2D eigenvalue weighted by Crippen LogP contribution is 2.16. The standard InChI is InChI=1S/C19H18FN5O3S/c1-12-2-4-13(5-3-12)18(27)24-22-16(26)11-29-19-25-23-17(28-19)10-21-15-8-6-14(20)7-9-15/h2-9,21H,10-11H2,1H3,(H,22,26)(H,24,27). The highest BCUT2D eigenvalue weighted by molar-refractivity contribution is 7.99. The molecule has 8 nitrogen and oxygen atoms in total. The summed E-state index contributed by atoms with van der Waals surface area (Å²) in [6.45, 7) is 2.18. The molecule has 3 N–H and O–H groups in total. The molecule has 0 fully saturated rings. The molecule has 0 aliphatic rings. The number of hydrogen-bond donors (Lipinski definition) is 3. The van der Waals surface area contributed by atoms with Crippen LogP contribution in [0.25, 0.3) is 0 Å². The Morgan fingerprint density at radius 1 is 1.03 bits per heavy atom. The minimum atomic E-state index is -0.417. The van der Waals surface area contributed by atoms with E-state index in [0.29, 0.717) is 17.1 Å². The van der Waals surface area contributed by atoms with Crippen LogP contribution in [-0.2, 0) is 11.3 Å². The number of thioether (sulfide) groups is 1. The second-order valence-electron chi connectivity index (χ2n) is 5.98. The smallest absolute Gasteiger partial charge is 0.277 e. The molecule has 0 spiro atoms. The lowest BCUT2D eigenvalue weighted by atomic mass is 10.1. The molecule has 0 aliphatic heterocycles. The lowest BCUT2D eigenvalue weighted by Gasteiger charge is -2.06. The maximum absolute atomic E-state index is 12.9. The van der Waals surface area contributed by atoms with Crippen molar-refractivity contribution in [3.8, 4) is 0 Å². The Labute approximate surface area is 170 Å². The number of nitrogens with one attached hydrogen (secondary N) is 3. The lowest BCUT2D eigenvalue weighted by Crippen LogP contribution is -2.42. The normalized spacial score (nSPS) is 10.4. The van der Waals surface area contributed by atoms with Crippen molar-refractivity contribution in [1.29, 1.82) is 0 Å². The summed E-state index contributed by atoms with van der Waals surface area (Å²) in [7, 11) is 0. The Balaban J connectivity index is 1.39. The van der Waals surface area contributed by atoms with Crippen LogP contribution >= 0.6 is 11.8 Å². The van der Waals surface area contributed by atoms with Gasteiger partial charge in [0.05, 0.1) is 12.3 Å². The van der Waals surface area contributed by atoms with Gasteiger partial charge in [0.1, 0.15) is 5.82 Å². The molecule has 0 radical (unpaired) electrons. The van der Waals surface area contributed by atoms with Gasteiger partial charge in [-0.25, -0.2) is 4.39 Å². The predicted octanol–water partition coefficient (Wildman–Crippen LogP) is 2.68. The summed E-state index contributed by atoms with van der Waals surface area (Å²) in [6.07, 6.45) is 0.